The molecule has 0 aliphatic rings. The molecule has 0 heterocycles. The van der Waals surface area contributed by atoms with Gasteiger partial charge >= 0.3 is 5.97 Å². The van der Waals surface area contributed by atoms with Crippen molar-refractivity contribution in [1.82, 2.24) is 0 Å². The summed E-state index contributed by atoms with van der Waals surface area (Å²) < 4.78 is 5.02. The Balaban J connectivity index is 4.51. The molecule has 0 saturated heterocycles. The third-order valence-corrected chi connectivity index (χ3v) is 2.10. The number of carbonyl (C=O) groups excluding carboxylic acids is 1. The van der Waals surface area contributed by atoms with Crippen LogP contribution in [0.3, 0.4) is 0 Å². The van der Waals surface area contributed by atoms with Gasteiger partial charge in [-0.3, -0.25) is 4.79 Å². The van der Waals surface area contributed by atoms with Crippen molar-refractivity contribution < 1.29 is 14.6 Å². The molecule has 0 aliphatic heterocycles. The van der Waals surface area contributed by atoms with Crippen molar-refractivity contribution in [2.45, 2.75) is 38.4 Å². The molecule has 0 spiro atoms. The van der Waals surface area contributed by atoms with E-state index in [9.17, 15) is 4.79 Å². The summed E-state index contributed by atoms with van der Waals surface area (Å²) in [6.45, 7) is 8.36. The van der Waals surface area contributed by atoms with Crippen molar-refractivity contribution in [3.8, 4) is 23.7 Å². The van der Waals surface area contributed by atoms with E-state index in [1.807, 2.05) is 12.2 Å². The molecule has 0 aromatic carbocycles. The molecular weight excluding hydrogens is 252 g/mol. The highest BCUT2D eigenvalue weighted by atomic mass is 16.5. The van der Waals surface area contributed by atoms with E-state index < -0.39 is 18.2 Å². The molecule has 1 N–H and O–H groups in total. The minimum absolute atomic E-state index is 0.404. The second-order valence-corrected chi connectivity index (χ2v) is 3.90. The highest BCUT2D eigenvalue weighted by Crippen LogP contribution is 2.00. The number of aliphatic hydroxyl groups is 1. The second-order valence-electron chi connectivity index (χ2n) is 3.90. The fourth-order valence-corrected chi connectivity index (χ4v) is 1.17. The molecule has 106 valence electrons. The number of hydrogen-bond donors (Lipinski definition) is 1. The monoisotopic (exact) mass is 272 g/mol. The van der Waals surface area contributed by atoms with E-state index >= 15 is 0 Å². The van der Waals surface area contributed by atoms with Crippen LogP contribution < -0.4 is 0 Å². The molecule has 0 saturated carbocycles. The van der Waals surface area contributed by atoms with E-state index in [4.69, 9.17) is 9.84 Å². The molecular formula is C17H20O3. The van der Waals surface area contributed by atoms with Crippen molar-refractivity contribution in [2.24, 2.45) is 0 Å². The summed E-state index contributed by atoms with van der Waals surface area (Å²) in [4.78, 5) is 11.0. The Kier molecular flexibility index (Phi) is 10.5. The van der Waals surface area contributed by atoms with Gasteiger partial charge in [0.15, 0.2) is 6.10 Å². The Morgan fingerprint density at radius 3 is 2.60 bits per heavy atom. The van der Waals surface area contributed by atoms with Gasteiger partial charge < -0.3 is 9.84 Å². The Labute approximate surface area is 121 Å². The number of ether oxygens (including phenoxy) is 1. The van der Waals surface area contributed by atoms with Gasteiger partial charge in [0, 0.05) is 6.92 Å². The lowest BCUT2D eigenvalue weighted by molar-refractivity contribution is -0.142. The van der Waals surface area contributed by atoms with Crippen LogP contribution in [0.15, 0.2) is 37.5 Å². The fraction of sp³-hybridized carbons (Fsp3) is 0.353. The predicted octanol–water partition coefficient (Wildman–Crippen LogP) is 2.38. The molecule has 0 aromatic rings. The van der Waals surface area contributed by atoms with Crippen LogP contribution in [0.25, 0.3) is 0 Å². The number of rotatable bonds is 7. The molecule has 2 atom stereocenters. The van der Waals surface area contributed by atoms with Crippen LogP contribution in [0, 0.1) is 23.7 Å². The van der Waals surface area contributed by atoms with Gasteiger partial charge in [0.2, 0.25) is 0 Å². The average molecular weight is 272 g/mol. The summed E-state index contributed by atoms with van der Waals surface area (Å²) in [5.41, 5.74) is 0. The van der Waals surface area contributed by atoms with Gasteiger partial charge in [-0.25, -0.2) is 0 Å². The van der Waals surface area contributed by atoms with Gasteiger partial charge in [-0.05, 0) is 43.1 Å². The normalized spacial score (nSPS) is 12.3. The van der Waals surface area contributed by atoms with Crippen molar-refractivity contribution in [3.05, 3.63) is 37.5 Å². The highest BCUT2D eigenvalue weighted by Gasteiger charge is 2.02. The largest absolute Gasteiger partial charge is 0.445 e. The van der Waals surface area contributed by atoms with E-state index in [1.165, 1.54) is 13.0 Å². The maximum absolute atomic E-state index is 11.0. The van der Waals surface area contributed by atoms with Crippen LogP contribution in [-0.2, 0) is 9.53 Å². The fourth-order valence-electron chi connectivity index (χ4n) is 1.17. The van der Waals surface area contributed by atoms with Crippen molar-refractivity contribution >= 4 is 5.97 Å². The van der Waals surface area contributed by atoms with Crippen LogP contribution in [0.2, 0.25) is 0 Å². The van der Waals surface area contributed by atoms with Crippen LogP contribution in [-0.4, -0.2) is 23.3 Å². The summed E-state index contributed by atoms with van der Waals surface area (Å²) in [7, 11) is 0. The van der Waals surface area contributed by atoms with Gasteiger partial charge in [-0.2, -0.15) is 0 Å². The van der Waals surface area contributed by atoms with Crippen LogP contribution in [0.5, 0.6) is 0 Å². The molecule has 1 unspecified atom stereocenters. The third-order valence-electron chi connectivity index (χ3n) is 2.10. The Morgan fingerprint density at radius 1 is 1.30 bits per heavy atom. The molecule has 0 aliphatic carbocycles. The summed E-state index contributed by atoms with van der Waals surface area (Å²) in [5, 5.41) is 9.13. The van der Waals surface area contributed by atoms with Gasteiger partial charge in [0.25, 0.3) is 0 Å². The predicted molar refractivity (Wildman–Crippen MR) is 80.5 cm³/mol. The number of hydrogen-bond acceptors (Lipinski definition) is 3. The second kappa shape index (κ2) is 11.8. The maximum Gasteiger partial charge on any atom is 0.304 e. The first-order chi connectivity index (χ1) is 9.60. The molecule has 0 bridgehead atoms. The van der Waals surface area contributed by atoms with Crippen LogP contribution in [0.4, 0.5) is 0 Å². The Hall–Kier alpha value is -2.23. The zero-order valence-corrected chi connectivity index (χ0v) is 11.8. The standard InChI is InChI=1S/C17H20O3/c1-4-6-7-8-9-13-17(20-15(3)18)14-11-10-12-16(19)5-2/h4-5,9,13,16-17,19H,1-2,6-8H2,3H3/b13-9-/t16-,17?/m1/s1. The number of aliphatic hydroxyl groups excluding tert-OH is 1. The van der Waals surface area contributed by atoms with E-state index in [0.717, 1.165) is 19.3 Å². The highest BCUT2D eigenvalue weighted by molar-refractivity contribution is 5.66. The van der Waals surface area contributed by atoms with Gasteiger partial charge in [-0.1, -0.05) is 30.7 Å². The number of carbonyl (C=O) groups is 1. The molecule has 0 aromatic heterocycles. The first kappa shape index (κ1) is 17.8. The first-order valence-electron chi connectivity index (χ1n) is 6.36. The maximum atomic E-state index is 11.0. The Bertz CT molecular complexity index is 466. The SMILES string of the molecule is C=CCCC/C=C\C(C#CC#C[C@H](O)C=C)OC(C)=O. The lowest BCUT2D eigenvalue weighted by atomic mass is 10.2. The molecule has 3 heteroatoms. The van der Waals surface area contributed by atoms with E-state index in [0.29, 0.717) is 0 Å². The van der Waals surface area contributed by atoms with Crippen LogP contribution >= 0.6 is 0 Å². The topological polar surface area (TPSA) is 46.5 Å². The zero-order chi connectivity index (χ0) is 15.2. The molecule has 0 amide bonds. The molecule has 20 heavy (non-hydrogen) atoms. The summed E-state index contributed by atoms with van der Waals surface area (Å²) in [6, 6.07) is 0. The van der Waals surface area contributed by atoms with E-state index in [-0.39, 0.29) is 0 Å². The van der Waals surface area contributed by atoms with E-state index in [1.54, 1.807) is 6.08 Å². The summed E-state index contributed by atoms with van der Waals surface area (Å²) in [6.07, 6.45) is 8.09. The third kappa shape index (κ3) is 10.9. The van der Waals surface area contributed by atoms with Crippen molar-refractivity contribution in [3.63, 3.8) is 0 Å². The molecule has 3 nitrogen and oxygen atoms in total. The quantitative estimate of drug-likeness (QED) is 0.335. The lowest BCUT2D eigenvalue weighted by Gasteiger charge is -2.04. The summed E-state index contributed by atoms with van der Waals surface area (Å²) >= 11 is 0. The minimum atomic E-state index is -0.897. The summed E-state index contributed by atoms with van der Waals surface area (Å²) in [5.74, 6) is 9.79. The molecule has 0 fully saturated rings. The van der Waals surface area contributed by atoms with Gasteiger partial charge in [-0.15, -0.1) is 6.58 Å². The van der Waals surface area contributed by atoms with E-state index in [2.05, 4.69) is 36.8 Å². The minimum Gasteiger partial charge on any atom is -0.445 e. The zero-order valence-electron chi connectivity index (χ0n) is 11.8. The number of esters is 1. The first-order valence-corrected chi connectivity index (χ1v) is 6.36. The van der Waals surface area contributed by atoms with Crippen molar-refractivity contribution in [1.29, 1.82) is 0 Å². The van der Waals surface area contributed by atoms with Crippen molar-refractivity contribution in [2.75, 3.05) is 0 Å². The smallest absolute Gasteiger partial charge is 0.304 e. The average Bonchev–Trinajstić information content (AvgIpc) is 2.42. The number of allylic oxidation sites excluding steroid dienone is 2. The van der Waals surface area contributed by atoms with Gasteiger partial charge in [0.1, 0.15) is 6.10 Å². The molecule has 0 rings (SSSR count). The van der Waals surface area contributed by atoms with Crippen LogP contribution in [0.1, 0.15) is 26.2 Å². The lowest BCUT2D eigenvalue weighted by Crippen LogP contribution is -2.11. The number of unbranched alkanes of at least 4 members (excludes halogenated alkanes) is 2. The van der Waals surface area contributed by atoms with Gasteiger partial charge in [0.05, 0.1) is 0 Å². The Morgan fingerprint density at radius 2 is 2.00 bits per heavy atom. The molecule has 0 radical (unpaired) electrons.